The molecule has 84 valence electrons. The van der Waals surface area contributed by atoms with Crippen molar-refractivity contribution in [2.75, 3.05) is 19.6 Å². The Kier molecular flexibility index (Phi) is 3.23. The van der Waals surface area contributed by atoms with Crippen LogP contribution in [0, 0.1) is 6.92 Å². The SMILES string of the molecule is Cc1csc(=O)n1CCN1CC[C@H](N)C1. The van der Waals surface area contributed by atoms with Crippen LogP contribution in [0.15, 0.2) is 10.2 Å². The number of rotatable bonds is 3. The molecule has 0 unspecified atom stereocenters. The molecule has 0 amide bonds. The molecule has 1 aromatic heterocycles. The molecular formula is C10H17N3OS. The van der Waals surface area contributed by atoms with Crippen molar-refractivity contribution in [1.82, 2.24) is 9.47 Å². The summed E-state index contributed by atoms with van der Waals surface area (Å²) in [5, 5.41) is 1.91. The fourth-order valence-corrected chi connectivity index (χ4v) is 2.74. The van der Waals surface area contributed by atoms with E-state index >= 15 is 0 Å². The number of likely N-dealkylation sites (tertiary alicyclic amines) is 1. The van der Waals surface area contributed by atoms with E-state index in [0.29, 0.717) is 6.04 Å². The molecule has 0 spiro atoms. The normalized spacial score (nSPS) is 22.4. The summed E-state index contributed by atoms with van der Waals surface area (Å²) in [6.45, 7) is 5.75. The molecule has 0 aromatic carbocycles. The fourth-order valence-electron chi connectivity index (χ4n) is 1.98. The first-order chi connectivity index (χ1) is 7.16. The largest absolute Gasteiger partial charge is 0.326 e. The van der Waals surface area contributed by atoms with Crippen LogP contribution < -0.4 is 10.6 Å². The van der Waals surface area contributed by atoms with Gasteiger partial charge in [-0.1, -0.05) is 11.3 Å². The molecule has 4 nitrogen and oxygen atoms in total. The van der Waals surface area contributed by atoms with E-state index in [-0.39, 0.29) is 4.87 Å². The lowest BCUT2D eigenvalue weighted by atomic mass is 10.3. The van der Waals surface area contributed by atoms with E-state index in [1.54, 1.807) is 0 Å². The zero-order valence-corrected chi connectivity index (χ0v) is 9.80. The lowest BCUT2D eigenvalue weighted by Crippen LogP contribution is -2.31. The second kappa shape index (κ2) is 4.47. The Morgan fingerprint density at radius 3 is 2.93 bits per heavy atom. The van der Waals surface area contributed by atoms with Crippen molar-refractivity contribution in [3.8, 4) is 0 Å². The average molecular weight is 227 g/mol. The summed E-state index contributed by atoms with van der Waals surface area (Å²) in [5.41, 5.74) is 6.89. The van der Waals surface area contributed by atoms with E-state index < -0.39 is 0 Å². The predicted molar refractivity (Wildman–Crippen MR) is 62.3 cm³/mol. The summed E-state index contributed by atoms with van der Waals surface area (Å²) >= 11 is 1.28. The summed E-state index contributed by atoms with van der Waals surface area (Å²) in [4.78, 5) is 13.9. The zero-order valence-electron chi connectivity index (χ0n) is 8.98. The van der Waals surface area contributed by atoms with Gasteiger partial charge in [0.1, 0.15) is 0 Å². The lowest BCUT2D eigenvalue weighted by Gasteiger charge is -2.15. The molecule has 0 aliphatic carbocycles. The molecule has 0 radical (unpaired) electrons. The Bertz CT molecular complexity index is 384. The van der Waals surface area contributed by atoms with E-state index in [1.165, 1.54) is 11.3 Å². The monoisotopic (exact) mass is 227 g/mol. The van der Waals surface area contributed by atoms with Crippen molar-refractivity contribution in [2.24, 2.45) is 5.73 Å². The van der Waals surface area contributed by atoms with Crippen LogP contribution >= 0.6 is 11.3 Å². The lowest BCUT2D eigenvalue weighted by molar-refractivity contribution is 0.316. The molecular weight excluding hydrogens is 210 g/mol. The van der Waals surface area contributed by atoms with Crippen molar-refractivity contribution < 1.29 is 0 Å². The minimum absolute atomic E-state index is 0.149. The van der Waals surface area contributed by atoms with Gasteiger partial charge in [-0.3, -0.25) is 9.69 Å². The number of hydrogen-bond acceptors (Lipinski definition) is 4. The van der Waals surface area contributed by atoms with Crippen LogP contribution in [-0.4, -0.2) is 35.1 Å². The van der Waals surface area contributed by atoms with Crippen LogP contribution in [0.5, 0.6) is 0 Å². The van der Waals surface area contributed by atoms with Crippen LogP contribution in [0.25, 0.3) is 0 Å². The fraction of sp³-hybridized carbons (Fsp3) is 0.700. The van der Waals surface area contributed by atoms with Crippen LogP contribution in [0.3, 0.4) is 0 Å². The number of nitrogens with zero attached hydrogens (tertiary/aromatic N) is 2. The van der Waals surface area contributed by atoms with Crippen LogP contribution in [0.2, 0.25) is 0 Å². The summed E-state index contributed by atoms with van der Waals surface area (Å²) < 4.78 is 1.84. The van der Waals surface area contributed by atoms with Crippen LogP contribution in [0.4, 0.5) is 0 Å². The topological polar surface area (TPSA) is 51.3 Å². The molecule has 2 heterocycles. The van der Waals surface area contributed by atoms with Crippen molar-refractivity contribution >= 4 is 11.3 Å². The van der Waals surface area contributed by atoms with Crippen molar-refractivity contribution in [3.05, 3.63) is 20.7 Å². The third kappa shape index (κ3) is 2.48. The molecule has 0 bridgehead atoms. The van der Waals surface area contributed by atoms with Gasteiger partial charge in [-0.25, -0.2) is 0 Å². The maximum absolute atomic E-state index is 11.4. The van der Waals surface area contributed by atoms with E-state index in [2.05, 4.69) is 4.90 Å². The van der Waals surface area contributed by atoms with Gasteiger partial charge in [-0.2, -0.15) is 0 Å². The Labute approximate surface area is 93.3 Å². The van der Waals surface area contributed by atoms with Crippen LogP contribution in [-0.2, 0) is 6.54 Å². The van der Waals surface area contributed by atoms with E-state index in [0.717, 1.165) is 38.3 Å². The average Bonchev–Trinajstić information content (AvgIpc) is 2.73. The van der Waals surface area contributed by atoms with Gasteiger partial charge in [0.25, 0.3) is 0 Å². The van der Waals surface area contributed by atoms with Crippen LogP contribution in [0.1, 0.15) is 12.1 Å². The Morgan fingerprint density at radius 2 is 2.40 bits per heavy atom. The second-order valence-corrected chi connectivity index (χ2v) is 4.96. The summed E-state index contributed by atoms with van der Waals surface area (Å²) in [6.07, 6.45) is 1.08. The van der Waals surface area contributed by atoms with Gasteiger partial charge in [-0.05, 0) is 19.9 Å². The molecule has 0 saturated carbocycles. The zero-order chi connectivity index (χ0) is 10.8. The van der Waals surface area contributed by atoms with Gasteiger partial charge in [-0.15, -0.1) is 0 Å². The maximum atomic E-state index is 11.4. The molecule has 1 saturated heterocycles. The molecule has 1 aliphatic rings. The van der Waals surface area contributed by atoms with Gasteiger partial charge in [0, 0.05) is 36.8 Å². The van der Waals surface area contributed by atoms with Gasteiger partial charge in [0.15, 0.2) is 0 Å². The number of thiazole rings is 1. The first-order valence-electron chi connectivity index (χ1n) is 5.29. The number of nitrogens with two attached hydrogens (primary N) is 1. The van der Waals surface area contributed by atoms with E-state index in [1.807, 2.05) is 16.9 Å². The molecule has 1 aromatic rings. The van der Waals surface area contributed by atoms with E-state index in [4.69, 9.17) is 5.73 Å². The number of hydrogen-bond donors (Lipinski definition) is 1. The second-order valence-electron chi connectivity index (χ2n) is 4.14. The Morgan fingerprint density at radius 1 is 1.60 bits per heavy atom. The number of aromatic nitrogens is 1. The quantitative estimate of drug-likeness (QED) is 0.805. The highest BCUT2D eigenvalue weighted by Gasteiger charge is 2.18. The number of aryl methyl sites for hydroxylation is 1. The first kappa shape index (κ1) is 10.9. The van der Waals surface area contributed by atoms with Gasteiger partial charge >= 0.3 is 4.87 Å². The van der Waals surface area contributed by atoms with Crippen molar-refractivity contribution in [3.63, 3.8) is 0 Å². The Balaban J connectivity index is 1.91. The maximum Gasteiger partial charge on any atom is 0.307 e. The van der Waals surface area contributed by atoms with Gasteiger partial charge in [0.2, 0.25) is 0 Å². The van der Waals surface area contributed by atoms with E-state index in [9.17, 15) is 4.79 Å². The van der Waals surface area contributed by atoms with Gasteiger partial charge < -0.3 is 10.3 Å². The van der Waals surface area contributed by atoms with Crippen molar-refractivity contribution in [2.45, 2.75) is 25.9 Å². The molecule has 1 fully saturated rings. The molecule has 5 heteroatoms. The first-order valence-corrected chi connectivity index (χ1v) is 6.17. The third-order valence-electron chi connectivity index (χ3n) is 2.93. The molecule has 1 aliphatic heterocycles. The third-order valence-corrected chi connectivity index (χ3v) is 3.81. The molecule has 15 heavy (non-hydrogen) atoms. The smallest absolute Gasteiger partial charge is 0.307 e. The predicted octanol–water partition coefficient (Wildman–Crippen LogP) is 0.251. The Hall–Kier alpha value is -0.650. The minimum Gasteiger partial charge on any atom is -0.326 e. The summed E-state index contributed by atoms with van der Waals surface area (Å²) in [6, 6.07) is 0.324. The highest BCUT2D eigenvalue weighted by Crippen LogP contribution is 2.07. The summed E-state index contributed by atoms with van der Waals surface area (Å²) in [5.74, 6) is 0. The van der Waals surface area contributed by atoms with Crippen molar-refractivity contribution in [1.29, 1.82) is 0 Å². The molecule has 2 rings (SSSR count). The molecule has 1 atom stereocenters. The highest BCUT2D eigenvalue weighted by atomic mass is 32.1. The highest BCUT2D eigenvalue weighted by molar-refractivity contribution is 7.07. The minimum atomic E-state index is 0.149. The standard InChI is InChI=1S/C10H17N3OS/c1-8-7-15-10(14)13(8)5-4-12-3-2-9(11)6-12/h7,9H,2-6,11H2,1H3/t9-/m0/s1. The molecule has 2 N–H and O–H groups in total. The van der Waals surface area contributed by atoms with Gasteiger partial charge in [0.05, 0.1) is 0 Å². The summed E-state index contributed by atoms with van der Waals surface area (Å²) in [7, 11) is 0.